The Morgan fingerprint density at radius 2 is 2.30 bits per heavy atom. The summed E-state index contributed by atoms with van der Waals surface area (Å²) in [5.41, 5.74) is 13.2. The van der Waals surface area contributed by atoms with Gasteiger partial charge >= 0.3 is 0 Å². The van der Waals surface area contributed by atoms with Gasteiger partial charge in [-0.3, -0.25) is 0 Å². The largest absolute Gasteiger partial charge is 0.330 e. The summed E-state index contributed by atoms with van der Waals surface area (Å²) in [7, 11) is 0. The molecule has 0 aromatic heterocycles. The van der Waals surface area contributed by atoms with Crippen LogP contribution in [0.2, 0.25) is 0 Å². The molecule has 2 atom stereocenters. The minimum Gasteiger partial charge on any atom is -0.330 e. The molecule has 3 aliphatic rings. The summed E-state index contributed by atoms with van der Waals surface area (Å²) in [5, 5.41) is 0. The number of rotatable bonds is 5. The molecular weight excluding hydrogens is 278 g/mol. The first-order valence-corrected chi connectivity index (χ1v) is 8.79. The monoisotopic (exact) mass is 305 g/mol. The molecule has 120 valence electrons. The Bertz CT molecular complexity index is 677. The van der Waals surface area contributed by atoms with Crippen LogP contribution in [0.25, 0.3) is 0 Å². The highest BCUT2D eigenvalue weighted by Gasteiger charge is 2.26. The van der Waals surface area contributed by atoms with Gasteiger partial charge in [0.15, 0.2) is 0 Å². The minimum absolute atomic E-state index is 0.330. The van der Waals surface area contributed by atoms with E-state index in [9.17, 15) is 0 Å². The predicted molar refractivity (Wildman–Crippen MR) is 99.9 cm³/mol. The molecule has 0 radical (unpaired) electrons. The van der Waals surface area contributed by atoms with E-state index in [0.29, 0.717) is 18.4 Å². The molecular formula is C22H27N. The van der Waals surface area contributed by atoms with Crippen molar-refractivity contribution in [3.8, 4) is 0 Å². The Balaban J connectivity index is 1.96. The van der Waals surface area contributed by atoms with Gasteiger partial charge in [-0.15, -0.1) is 0 Å². The topological polar surface area (TPSA) is 26.0 Å². The molecule has 3 aliphatic carbocycles. The highest BCUT2D eigenvalue weighted by molar-refractivity contribution is 5.65. The molecule has 0 fully saturated rings. The third-order valence-corrected chi connectivity index (χ3v) is 4.81. The molecule has 0 saturated carbocycles. The summed E-state index contributed by atoms with van der Waals surface area (Å²) in [6.07, 6.45) is 24.0. The Hall–Kier alpha value is -1.86. The smallest absolute Gasteiger partial charge is 0.0207 e. The molecule has 0 saturated heterocycles. The lowest BCUT2D eigenvalue weighted by molar-refractivity contribution is 0.728. The molecule has 1 unspecified atom stereocenters. The second-order valence-electron chi connectivity index (χ2n) is 6.67. The number of nitrogens with two attached hydrogens (primary N) is 1. The van der Waals surface area contributed by atoms with Crippen molar-refractivity contribution in [3.63, 3.8) is 0 Å². The average molecular weight is 305 g/mol. The van der Waals surface area contributed by atoms with E-state index in [1.54, 1.807) is 5.57 Å². The van der Waals surface area contributed by atoms with Gasteiger partial charge in [0.05, 0.1) is 0 Å². The van der Waals surface area contributed by atoms with Crippen LogP contribution in [0.3, 0.4) is 0 Å². The quantitative estimate of drug-likeness (QED) is 0.696. The maximum atomic E-state index is 5.84. The maximum absolute atomic E-state index is 5.84. The highest BCUT2D eigenvalue weighted by atomic mass is 14.5. The van der Waals surface area contributed by atoms with E-state index in [1.807, 2.05) is 0 Å². The molecule has 0 aromatic rings. The Labute approximate surface area is 140 Å². The number of hydrogen-bond acceptors (Lipinski definition) is 1. The zero-order valence-electron chi connectivity index (χ0n) is 14.3. The van der Waals surface area contributed by atoms with Crippen LogP contribution < -0.4 is 5.73 Å². The third-order valence-electron chi connectivity index (χ3n) is 4.81. The van der Waals surface area contributed by atoms with Crippen molar-refractivity contribution < 1.29 is 0 Å². The molecule has 2 N–H and O–H groups in total. The molecule has 0 spiro atoms. The fourth-order valence-corrected chi connectivity index (χ4v) is 3.50. The first kappa shape index (κ1) is 16.0. The second-order valence-corrected chi connectivity index (χ2v) is 6.67. The van der Waals surface area contributed by atoms with Crippen molar-refractivity contribution in [2.75, 3.05) is 6.54 Å². The SMILES string of the molecule is CC/C=C\C(=C/C(C)CN)[C@H]1C=CC=C2CC3=C(C=CC3)C2=C1. The van der Waals surface area contributed by atoms with E-state index >= 15 is 0 Å². The summed E-state index contributed by atoms with van der Waals surface area (Å²) in [6.45, 7) is 5.06. The Morgan fingerprint density at radius 1 is 1.43 bits per heavy atom. The lowest BCUT2D eigenvalue weighted by atomic mass is 9.91. The van der Waals surface area contributed by atoms with Crippen LogP contribution in [0.4, 0.5) is 0 Å². The second kappa shape index (κ2) is 7.14. The van der Waals surface area contributed by atoms with E-state index in [2.05, 4.69) is 68.5 Å². The van der Waals surface area contributed by atoms with Crippen LogP contribution in [0.1, 0.15) is 33.1 Å². The molecule has 0 amide bonds. The van der Waals surface area contributed by atoms with Crippen LogP contribution in [0, 0.1) is 11.8 Å². The third kappa shape index (κ3) is 3.40. The van der Waals surface area contributed by atoms with Gasteiger partial charge in [-0.2, -0.15) is 0 Å². The van der Waals surface area contributed by atoms with Gasteiger partial charge in [-0.1, -0.05) is 74.1 Å². The normalized spacial score (nSPS) is 24.7. The van der Waals surface area contributed by atoms with Crippen molar-refractivity contribution >= 4 is 0 Å². The highest BCUT2D eigenvalue weighted by Crippen LogP contribution is 2.44. The molecule has 1 heteroatoms. The van der Waals surface area contributed by atoms with Crippen LogP contribution >= 0.6 is 0 Å². The lowest BCUT2D eigenvalue weighted by Crippen LogP contribution is -2.10. The van der Waals surface area contributed by atoms with Crippen LogP contribution in [0.5, 0.6) is 0 Å². The van der Waals surface area contributed by atoms with Crippen LogP contribution in [-0.2, 0) is 0 Å². The van der Waals surface area contributed by atoms with Crippen molar-refractivity contribution in [2.45, 2.75) is 33.1 Å². The standard InChI is InChI=1S/C22H27N/c1-3-4-7-17(12-16(2)15-23)18-8-5-9-20-13-19-10-6-11-21(19)22(20)14-18/h4-9,11-12,14,16,18H,3,10,13,15,23H2,1-2H3/b7-4-,17-12+/t16?,18-/m0/s1. The van der Waals surface area contributed by atoms with E-state index < -0.39 is 0 Å². The molecule has 0 aromatic carbocycles. The fraction of sp³-hybridized carbons (Fsp3) is 0.364. The molecule has 23 heavy (non-hydrogen) atoms. The van der Waals surface area contributed by atoms with Crippen LogP contribution in [-0.4, -0.2) is 6.54 Å². The zero-order chi connectivity index (χ0) is 16.2. The predicted octanol–water partition coefficient (Wildman–Crippen LogP) is 5.17. The summed E-state index contributed by atoms with van der Waals surface area (Å²) in [5.74, 6) is 0.732. The molecule has 0 bridgehead atoms. The van der Waals surface area contributed by atoms with Crippen LogP contribution in [0.15, 0.2) is 82.5 Å². The van der Waals surface area contributed by atoms with Gasteiger partial charge in [0, 0.05) is 5.92 Å². The van der Waals surface area contributed by atoms with Crippen molar-refractivity contribution in [1.82, 2.24) is 0 Å². The average Bonchev–Trinajstić information content (AvgIpc) is 3.06. The molecule has 0 aliphatic heterocycles. The molecule has 3 rings (SSSR count). The van der Waals surface area contributed by atoms with Gasteiger partial charge in [0.1, 0.15) is 0 Å². The molecule has 0 heterocycles. The van der Waals surface area contributed by atoms with Gasteiger partial charge < -0.3 is 5.73 Å². The van der Waals surface area contributed by atoms with E-state index in [-0.39, 0.29) is 0 Å². The minimum atomic E-state index is 0.330. The van der Waals surface area contributed by atoms with Gasteiger partial charge in [0.25, 0.3) is 0 Å². The van der Waals surface area contributed by atoms with Crippen molar-refractivity contribution in [3.05, 3.63) is 82.5 Å². The van der Waals surface area contributed by atoms with Crippen molar-refractivity contribution in [2.24, 2.45) is 17.6 Å². The number of allylic oxidation sites excluding steroid dienone is 13. The fourth-order valence-electron chi connectivity index (χ4n) is 3.50. The number of fused-ring (bicyclic) bond motifs is 2. The van der Waals surface area contributed by atoms with E-state index in [1.165, 1.54) is 22.3 Å². The Morgan fingerprint density at radius 3 is 3.09 bits per heavy atom. The first-order chi connectivity index (χ1) is 11.2. The summed E-state index contributed by atoms with van der Waals surface area (Å²) in [6, 6.07) is 0. The summed E-state index contributed by atoms with van der Waals surface area (Å²) in [4.78, 5) is 0. The molecule has 1 nitrogen and oxygen atoms in total. The summed E-state index contributed by atoms with van der Waals surface area (Å²) >= 11 is 0. The van der Waals surface area contributed by atoms with Gasteiger partial charge in [0.2, 0.25) is 0 Å². The lowest BCUT2D eigenvalue weighted by Gasteiger charge is -2.14. The Kier molecular flexibility index (Phi) is 4.97. The first-order valence-electron chi connectivity index (χ1n) is 8.79. The number of hydrogen-bond donors (Lipinski definition) is 1. The summed E-state index contributed by atoms with van der Waals surface area (Å²) < 4.78 is 0. The van der Waals surface area contributed by atoms with Gasteiger partial charge in [-0.05, 0) is 54.0 Å². The maximum Gasteiger partial charge on any atom is 0.0207 e. The van der Waals surface area contributed by atoms with E-state index in [0.717, 1.165) is 19.3 Å². The van der Waals surface area contributed by atoms with E-state index in [4.69, 9.17) is 5.73 Å². The van der Waals surface area contributed by atoms with Gasteiger partial charge in [-0.25, -0.2) is 0 Å². The van der Waals surface area contributed by atoms with Crippen molar-refractivity contribution in [1.29, 1.82) is 0 Å². The zero-order valence-corrected chi connectivity index (χ0v) is 14.3.